The lowest BCUT2D eigenvalue weighted by atomic mass is 9.99. The summed E-state index contributed by atoms with van der Waals surface area (Å²) in [4.78, 5) is 8.05. The molecule has 0 saturated heterocycles. The third-order valence-electron chi connectivity index (χ3n) is 2.11. The van der Waals surface area contributed by atoms with Gasteiger partial charge in [0.1, 0.15) is 10.8 Å². The molecule has 0 aliphatic rings. The first-order valence-corrected chi connectivity index (χ1v) is 4.67. The molecule has 0 fully saturated rings. The van der Waals surface area contributed by atoms with E-state index < -0.39 is 17.3 Å². The fraction of sp³-hybridized carbons (Fsp3) is 0.444. The summed E-state index contributed by atoms with van der Waals surface area (Å²) in [5.74, 6) is 5.00. The maximum absolute atomic E-state index is 12.4. The molecule has 0 spiro atoms. The topological polar surface area (TPSA) is 48.1 Å². The van der Waals surface area contributed by atoms with Gasteiger partial charge in [0.15, 0.2) is 0 Å². The zero-order valence-electron chi connectivity index (χ0n) is 8.60. The van der Waals surface area contributed by atoms with Gasteiger partial charge in [-0.3, -0.25) is 4.84 Å². The van der Waals surface area contributed by atoms with Crippen molar-refractivity contribution < 1.29 is 18.0 Å². The number of nitrogens with zero attached hydrogens (tertiary/aromatic N) is 1. The fourth-order valence-electron chi connectivity index (χ4n) is 1.09. The van der Waals surface area contributed by atoms with Crippen LogP contribution in [0.1, 0.15) is 25.0 Å². The van der Waals surface area contributed by atoms with E-state index in [4.69, 9.17) is 17.5 Å². The molecule has 0 saturated carbocycles. The second-order valence-corrected chi connectivity index (χ2v) is 4.05. The predicted octanol–water partition coefficient (Wildman–Crippen LogP) is 2.88. The van der Waals surface area contributed by atoms with E-state index in [1.807, 2.05) is 0 Å². The zero-order valence-corrected chi connectivity index (χ0v) is 9.36. The molecular weight excluding hydrogens is 245 g/mol. The van der Waals surface area contributed by atoms with Crippen LogP contribution in [0.5, 0.6) is 0 Å². The highest BCUT2D eigenvalue weighted by molar-refractivity contribution is 6.30. The van der Waals surface area contributed by atoms with Crippen LogP contribution in [0.2, 0.25) is 5.15 Å². The first-order chi connectivity index (χ1) is 7.18. The smallest absolute Gasteiger partial charge is 0.294 e. The van der Waals surface area contributed by atoms with Gasteiger partial charge in [-0.15, -0.1) is 0 Å². The van der Waals surface area contributed by atoms with E-state index in [2.05, 4.69) is 9.82 Å². The molecule has 1 aromatic rings. The minimum Gasteiger partial charge on any atom is -0.294 e. The number of nitrogens with two attached hydrogens (primary N) is 1. The summed E-state index contributed by atoms with van der Waals surface area (Å²) < 4.78 is 37.3. The van der Waals surface area contributed by atoms with Crippen molar-refractivity contribution in [1.29, 1.82) is 0 Å². The summed E-state index contributed by atoms with van der Waals surface area (Å²) in [6, 6.07) is 0.877. The van der Waals surface area contributed by atoms with Crippen molar-refractivity contribution in [3.63, 3.8) is 0 Å². The van der Waals surface area contributed by atoms with Crippen molar-refractivity contribution in [3.8, 4) is 0 Å². The van der Waals surface area contributed by atoms with Gasteiger partial charge in [-0.2, -0.15) is 13.2 Å². The lowest BCUT2D eigenvalue weighted by Crippen LogP contribution is -2.26. The first kappa shape index (κ1) is 13.2. The van der Waals surface area contributed by atoms with E-state index in [1.165, 1.54) is 13.8 Å². The Bertz CT molecular complexity index is 393. The molecule has 0 amide bonds. The second kappa shape index (κ2) is 4.20. The van der Waals surface area contributed by atoms with Gasteiger partial charge in [-0.05, 0) is 19.9 Å². The normalized spacial score (nSPS) is 12.9. The highest BCUT2D eigenvalue weighted by Gasteiger charge is 2.34. The summed E-state index contributed by atoms with van der Waals surface area (Å²) in [6.45, 7) is 2.99. The van der Waals surface area contributed by atoms with Gasteiger partial charge in [-0.1, -0.05) is 11.6 Å². The number of rotatable bonds is 2. The zero-order chi connectivity index (χ0) is 12.6. The van der Waals surface area contributed by atoms with Crippen LogP contribution in [-0.4, -0.2) is 4.98 Å². The molecule has 1 aromatic heterocycles. The summed E-state index contributed by atoms with van der Waals surface area (Å²) in [7, 11) is 0. The summed E-state index contributed by atoms with van der Waals surface area (Å²) in [5.41, 5.74) is -1.94. The second-order valence-electron chi connectivity index (χ2n) is 3.69. The molecule has 1 rings (SSSR count). The van der Waals surface area contributed by atoms with Gasteiger partial charge >= 0.3 is 6.18 Å². The number of aromatic nitrogens is 1. The molecule has 7 heteroatoms. The maximum Gasteiger partial charge on any atom is 0.417 e. The van der Waals surface area contributed by atoms with Crippen molar-refractivity contribution in [3.05, 3.63) is 28.5 Å². The van der Waals surface area contributed by atoms with Gasteiger partial charge in [-0.25, -0.2) is 10.9 Å². The van der Waals surface area contributed by atoms with E-state index in [9.17, 15) is 13.2 Å². The monoisotopic (exact) mass is 254 g/mol. The quantitative estimate of drug-likeness (QED) is 0.652. The molecule has 0 radical (unpaired) electrons. The largest absolute Gasteiger partial charge is 0.417 e. The lowest BCUT2D eigenvalue weighted by molar-refractivity contribution is -0.138. The standard InChI is InChI=1S/C9H10ClF3N2O/c1-8(2,16-14)6-3-5(9(11,12)13)4-15-7(6)10/h3-4H,14H2,1-2H3. The van der Waals surface area contributed by atoms with E-state index >= 15 is 0 Å². The van der Waals surface area contributed by atoms with Crippen LogP contribution in [0.25, 0.3) is 0 Å². The average Bonchev–Trinajstić information content (AvgIpc) is 2.16. The van der Waals surface area contributed by atoms with Crippen molar-refractivity contribution in [1.82, 2.24) is 4.98 Å². The molecule has 3 nitrogen and oxygen atoms in total. The van der Waals surface area contributed by atoms with Crippen molar-refractivity contribution in [2.75, 3.05) is 0 Å². The van der Waals surface area contributed by atoms with Crippen molar-refractivity contribution >= 4 is 11.6 Å². The predicted molar refractivity (Wildman–Crippen MR) is 52.5 cm³/mol. The lowest BCUT2D eigenvalue weighted by Gasteiger charge is -2.23. The number of hydrogen-bond donors (Lipinski definition) is 1. The van der Waals surface area contributed by atoms with Gasteiger partial charge in [0.05, 0.1) is 5.56 Å². The Morgan fingerprint density at radius 1 is 1.38 bits per heavy atom. The molecule has 0 atom stereocenters. The number of alkyl halides is 3. The Morgan fingerprint density at radius 3 is 2.38 bits per heavy atom. The number of hydrogen-bond acceptors (Lipinski definition) is 3. The van der Waals surface area contributed by atoms with Gasteiger partial charge in [0.2, 0.25) is 0 Å². The number of halogens is 4. The minimum atomic E-state index is -4.48. The summed E-state index contributed by atoms with van der Waals surface area (Å²) in [6.07, 6.45) is -3.81. The average molecular weight is 255 g/mol. The Balaban J connectivity index is 3.30. The number of pyridine rings is 1. The van der Waals surface area contributed by atoms with E-state index in [1.54, 1.807) is 0 Å². The van der Waals surface area contributed by atoms with Gasteiger partial charge < -0.3 is 0 Å². The highest BCUT2D eigenvalue weighted by Crippen LogP contribution is 2.34. The molecule has 0 unspecified atom stereocenters. The van der Waals surface area contributed by atoms with Crippen LogP contribution in [0.15, 0.2) is 12.3 Å². The van der Waals surface area contributed by atoms with Crippen molar-refractivity contribution in [2.45, 2.75) is 25.6 Å². The molecule has 0 bridgehead atoms. The molecule has 1 heterocycles. The SMILES string of the molecule is CC(C)(ON)c1cc(C(F)(F)F)cnc1Cl. The van der Waals surface area contributed by atoms with Crippen molar-refractivity contribution in [2.24, 2.45) is 5.90 Å². The van der Waals surface area contributed by atoms with Gasteiger partial charge in [0, 0.05) is 11.8 Å². The van der Waals surface area contributed by atoms with Crippen LogP contribution in [-0.2, 0) is 16.6 Å². The molecule has 0 aromatic carbocycles. The van der Waals surface area contributed by atoms with E-state index in [0.29, 0.717) is 6.20 Å². The Hall–Kier alpha value is -0.850. The van der Waals surface area contributed by atoms with Crippen LogP contribution in [0.3, 0.4) is 0 Å². The molecule has 90 valence electrons. The molecule has 0 aliphatic heterocycles. The third-order valence-corrected chi connectivity index (χ3v) is 2.41. The van der Waals surface area contributed by atoms with Crippen LogP contribution < -0.4 is 5.90 Å². The van der Waals surface area contributed by atoms with E-state index in [-0.39, 0.29) is 10.7 Å². The highest BCUT2D eigenvalue weighted by atomic mass is 35.5. The first-order valence-electron chi connectivity index (χ1n) is 4.29. The molecular formula is C9H10ClF3N2O. The summed E-state index contributed by atoms with van der Waals surface area (Å²) in [5, 5.41) is -0.0662. The van der Waals surface area contributed by atoms with Crippen LogP contribution in [0, 0.1) is 0 Å². The summed E-state index contributed by atoms with van der Waals surface area (Å²) >= 11 is 5.70. The Morgan fingerprint density at radius 2 is 1.94 bits per heavy atom. The minimum absolute atomic E-state index is 0.0662. The maximum atomic E-state index is 12.4. The van der Waals surface area contributed by atoms with Gasteiger partial charge in [0.25, 0.3) is 0 Å². The van der Waals surface area contributed by atoms with Crippen LogP contribution >= 0.6 is 11.6 Å². The Kier molecular flexibility index (Phi) is 3.47. The van der Waals surface area contributed by atoms with E-state index in [0.717, 1.165) is 6.07 Å². The molecule has 0 aliphatic carbocycles. The fourth-order valence-corrected chi connectivity index (χ4v) is 1.42. The van der Waals surface area contributed by atoms with Crippen LogP contribution in [0.4, 0.5) is 13.2 Å². The molecule has 16 heavy (non-hydrogen) atoms. The third kappa shape index (κ3) is 2.63. The molecule has 2 N–H and O–H groups in total. The Labute approximate surface area is 95.3 Å².